The number of hydrogen-bond acceptors (Lipinski definition) is 5. The first-order chi connectivity index (χ1) is 18.6. The average Bonchev–Trinajstić information content (AvgIpc) is 2.94. The van der Waals surface area contributed by atoms with Crippen molar-refractivity contribution in [1.29, 1.82) is 0 Å². The number of amides is 2. The number of aliphatic hydroxyl groups is 1. The zero-order valence-electron chi connectivity index (χ0n) is 21.9. The molecule has 2 amide bonds. The van der Waals surface area contributed by atoms with Gasteiger partial charge in [-0.2, -0.15) is 0 Å². The fourth-order valence-corrected chi connectivity index (χ4v) is 4.72. The molecule has 0 aliphatic carbocycles. The Balaban J connectivity index is 1.68. The summed E-state index contributed by atoms with van der Waals surface area (Å²) in [5.41, 5.74) is 3.36. The first kappa shape index (κ1) is 27.4. The molecule has 38 heavy (non-hydrogen) atoms. The van der Waals surface area contributed by atoms with E-state index < -0.39 is 0 Å². The van der Waals surface area contributed by atoms with Crippen molar-refractivity contribution in [3.63, 3.8) is 0 Å². The van der Waals surface area contributed by atoms with E-state index in [0.29, 0.717) is 44.1 Å². The fraction of sp³-hybridized carbons (Fsp3) is 0.355. The molecular formula is C31H37N3O4. The van der Waals surface area contributed by atoms with Crippen LogP contribution in [-0.2, 0) is 24.4 Å². The zero-order valence-corrected chi connectivity index (χ0v) is 21.9. The average molecular weight is 516 g/mol. The van der Waals surface area contributed by atoms with Crippen molar-refractivity contribution < 1.29 is 19.4 Å². The monoisotopic (exact) mass is 515 g/mol. The predicted octanol–water partition coefficient (Wildman–Crippen LogP) is 4.00. The van der Waals surface area contributed by atoms with Crippen molar-refractivity contribution in [2.45, 2.75) is 38.9 Å². The van der Waals surface area contributed by atoms with Crippen molar-refractivity contribution in [3.8, 4) is 5.75 Å². The van der Waals surface area contributed by atoms with Crippen LogP contribution in [0.25, 0.3) is 0 Å². The molecule has 3 aromatic rings. The number of nitrogens with zero attached hydrogens (tertiary/aromatic N) is 2. The van der Waals surface area contributed by atoms with Gasteiger partial charge in [0.25, 0.3) is 5.91 Å². The lowest BCUT2D eigenvalue weighted by Gasteiger charge is -2.27. The van der Waals surface area contributed by atoms with Crippen LogP contribution in [0.15, 0.2) is 78.9 Å². The first-order valence-electron chi connectivity index (χ1n) is 13.4. The molecule has 7 heteroatoms. The van der Waals surface area contributed by atoms with E-state index in [0.717, 1.165) is 36.0 Å². The Kier molecular flexibility index (Phi) is 10.3. The number of benzene rings is 3. The Hall–Kier alpha value is -3.68. The van der Waals surface area contributed by atoms with Gasteiger partial charge in [0, 0.05) is 43.9 Å². The highest BCUT2D eigenvalue weighted by atomic mass is 16.5. The molecule has 4 rings (SSSR count). The summed E-state index contributed by atoms with van der Waals surface area (Å²) < 4.78 is 6.22. The first-order valence-corrected chi connectivity index (χ1v) is 13.4. The van der Waals surface area contributed by atoms with Gasteiger partial charge in [-0.3, -0.25) is 14.5 Å². The summed E-state index contributed by atoms with van der Waals surface area (Å²) in [6.45, 7) is 2.80. The summed E-state index contributed by atoms with van der Waals surface area (Å²) in [4.78, 5) is 30.5. The highest BCUT2D eigenvalue weighted by Gasteiger charge is 2.24. The summed E-state index contributed by atoms with van der Waals surface area (Å²) in [6.07, 6.45) is 2.71. The lowest BCUT2D eigenvalue weighted by molar-refractivity contribution is -0.122. The summed E-state index contributed by atoms with van der Waals surface area (Å²) in [7, 11) is 0. The van der Waals surface area contributed by atoms with Gasteiger partial charge in [-0.25, -0.2) is 0 Å². The maximum atomic E-state index is 13.9. The predicted molar refractivity (Wildman–Crippen MR) is 148 cm³/mol. The molecule has 0 atom stereocenters. The van der Waals surface area contributed by atoms with Crippen LogP contribution in [0.1, 0.15) is 46.3 Å². The molecule has 0 spiro atoms. The van der Waals surface area contributed by atoms with Crippen LogP contribution >= 0.6 is 0 Å². The second-order valence-corrected chi connectivity index (χ2v) is 9.61. The number of aliphatic hydroxyl groups excluding tert-OH is 1. The van der Waals surface area contributed by atoms with Gasteiger partial charge in [-0.05, 0) is 42.5 Å². The van der Waals surface area contributed by atoms with E-state index in [9.17, 15) is 14.7 Å². The minimum atomic E-state index is -0.170. The fourth-order valence-electron chi connectivity index (χ4n) is 4.72. The lowest BCUT2D eigenvalue weighted by Crippen LogP contribution is -2.38. The molecule has 200 valence electrons. The zero-order chi connectivity index (χ0) is 26.6. The van der Waals surface area contributed by atoms with E-state index in [1.54, 1.807) is 4.90 Å². The van der Waals surface area contributed by atoms with Gasteiger partial charge < -0.3 is 20.1 Å². The molecule has 0 saturated carbocycles. The third-order valence-corrected chi connectivity index (χ3v) is 6.64. The molecule has 0 aromatic heterocycles. The Morgan fingerprint density at radius 2 is 1.63 bits per heavy atom. The van der Waals surface area contributed by atoms with Crippen LogP contribution in [0.5, 0.6) is 5.75 Å². The van der Waals surface area contributed by atoms with Crippen molar-refractivity contribution in [2.24, 2.45) is 0 Å². The molecule has 7 nitrogen and oxygen atoms in total. The summed E-state index contributed by atoms with van der Waals surface area (Å²) in [5.74, 6) is 0.464. The minimum absolute atomic E-state index is 0.0301. The second kappa shape index (κ2) is 14.3. The summed E-state index contributed by atoms with van der Waals surface area (Å²) in [5, 5.41) is 12.8. The summed E-state index contributed by atoms with van der Waals surface area (Å²) >= 11 is 0. The van der Waals surface area contributed by atoms with Gasteiger partial charge in [0.15, 0.2) is 0 Å². The van der Waals surface area contributed by atoms with Gasteiger partial charge >= 0.3 is 0 Å². The molecule has 1 aliphatic rings. The Morgan fingerprint density at radius 1 is 0.895 bits per heavy atom. The number of nitrogens with one attached hydrogen (secondary N) is 1. The summed E-state index contributed by atoms with van der Waals surface area (Å²) in [6, 6.07) is 25.3. The van der Waals surface area contributed by atoms with Crippen LogP contribution in [0.2, 0.25) is 0 Å². The lowest BCUT2D eigenvalue weighted by atomic mass is 10.0. The molecule has 0 saturated heterocycles. The van der Waals surface area contributed by atoms with Gasteiger partial charge in [-0.1, -0.05) is 66.7 Å². The smallest absolute Gasteiger partial charge is 0.254 e. The SMILES string of the molecule is O=C1CN(Cc2ccccc2)Cc2c(cccc2C(=O)N(CCO)Cc2ccccc2)OCCCCCN1. The Labute approximate surface area is 225 Å². The molecule has 1 heterocycles. The maximum Gasteiger partial charge on any atom is 0.254 e. The molecule has 0 unspecified atom stereocenters. The Morgan fingerprint density at radius 3 is 2.37 bits per heavy atom. The molecule has 0 radical (unpaired) electrons. The van der Waals surface area contributed by atoms with Gasteiger partial charge in [0.1, 0.15) is 5.75 Å². The van der Waals surface area contributed by atoms with E-state index in [1.165, 1.54) is 0 Å². The van der Waals surface area contributed by atoms with Crippen LogP contribution in [0.4, 0.5) is 0 Å². The second-order valence-electron chi connectivity index (χ2n) is 9.61. The molecule has 0 fully saturated rings. The highest BCUT2D eigenvalue weighted by Crippen LogP contribution is 2.27. The Bertz CT molecular complexity index is 1170. The van der Waals surface area contributed by atoms with Crippen LogP contribution in [0, 0.1) is 0 Å². The van der Waals surface area contributed by atoms with E-state index in [4.69, 9.17) is 4.74 Å². The quantitative estimate of drug-likeness (QED) is 0.497. The van der Waals surface area contributed by atoms with Crippen molar-refractivity contribution >= 4 is 11.8 Å². The van der Waals surface area contributed by atoms with Gasteiger partial charge in [0.05, 0.1) is 19.8 Å². The van der Waals surface area contributed by atoms with Crippen LogP contribution in [0.3, 0.4) is 0 Å². The number of hydrogen-bond donors (Lipinski definition) is 2. The highest BCUT2D eigenvalue weighted by molar-refractivity contribution is 5.96. The number of carbonyl (C=O) groups excluding carboxylic acids is 2. The van der Waals surface area contributed by atoms with Crippen LogP contribution in [-0.4, -0.2) is 59.6 Å². The standard InChI is InChI=1S/C31H37N3O4/c35-19-18-34(22-26-13-6-2-7-14-26)31(37)27-15-10-16-29-28(27)23-33(21-25-11-4-1-5-12-25)24-30(36)32-17-8-3-9-20-38-29/h1-2,4-7,10-16,35H,3,8-9,17-24H2,(H,32,36). The maximum absolute atomic E-state index is 13.9. The van der Waals surface area contributed by atoms with Crippen molar-refractivity contribution in [1.82, 2.24) is 15.1 Å². The molecule has 2 N–H and O–H groups in total. The van der Waals surface area contributed by atoms with Crippen molar-refractivity contribution in [3.05, 3.63) is 101 Å². The molecular weight excluding hydrogens is 478 g/mol. The third kappa shape index (κ3) is 7.91. The largest absolute Gasteiger partial charge is 0.493 e. The normalized spacial score (nSPS) is 15.1. The van der Waals surface area contributed by atoms with Gasteiger partial charge in [-0.15, -0.1) is 0 Å². The third-order valence-electron chi connectivity index (χ3n) is 6.64. The molecule has 3 aromatic carbocycles. The van der Waals surface area contributed by atoms with Crippen LogP contribution < -0.4 is 10.1 Å². The van der Waals surface area contributed by atoms with Gasteiger partial charge in [0.2, 0.25) is 5.91 Å². The van der Waals surface area contributed by atoms with E-state index in [-0.39, 0.29) is 31.5 Å². The number of carbonyl (C=O) groups is 2. The molecule has 1 aliphatic heterocycles. The number of ether oxygens (including phenoxy) is 1. The molecule has 0 bridgehead atoms. The van der Waals surface area contributed by atoms with E-state index in [2.05, 4.69) is 10.2 Å². The number of rotatable bonds is 7. The minimum Gasteiger partial charge on any atom is -0.493 e. The van der Waals surface area contributed by atoms with Crippen molar-refractivity contribution in [2.75, 3.05) is 32.8 Å². The topological polar surface area (TPSA) is 82.1 Å². The van der Waals surface area contributed by atoms with E-state index >= 15 is 0 Å². The van der Waals surface area contributed by atoms with E-state index in [1.807, 2.05) is 78.9 Å². The number of fused-ring (bicyclic) bond motifs is 1.